The van der Waals surface area contributed by atoms with Gasteiger partial charge in [0, 0.05) is 11.8 Å². The smallest absolute Gasteiger partial charge is 0.338 e. The van der Waals surface area contributed by atoms with Crippen molar-refractivity contribution in [3.05, 3.63) is 40.9 Å². The first-order valence-electron chi connectivity index (χ1n) is 8.38. The lowest BCUT2D eigenvalue weighted by atomic mass is 10.2. The standard InChI is InChI=1S/C19H18ClNO7/c1-3-25-18-13(20)6-11(7-16(18)24-2)19(23)26-9-17(22)21-12-4-5-14-15(8-12)28-10-27-14/h4-8H,3,9-10H2,1-2H3,(H,21,22). The molecule has 1 N–H and O–H groups in total. The Morgan fingerprint density at radius 2 is 1.96 bits per heavy atom. The molecule has 0 atom stereocenters. The van der Waals surface area contributed by atoms with E-state index in [1.807, 2.05) is 0 Å². The van der Waals surface area contributed by atoms with E-state index >= 15 is 0 Å². The van der Waals surface area contributed by atoms with Crippen LogP contribution in [0, 0.1) is 0 Å². The van der Waals surface area contributed by atoms with Crippen LogP contribution in [0.4, 0.5) is 5.69 Å². The molecular formula is C19H18ClNO7. The number of anilines is 1. The second kappa shape index (κ2) is 8.71. The van der Waals surface area contributed by atoms with Gasteiger partial charge in [0.2, 0.25) is 6.79 Å². The van der Waals surface area contributed by atoms with E-state index in [1.54, 1.807) is 25.1 Å². The molecule has 1 heterocycles. The molecule has 1 amide bonds. The van der Waals surface area contributed by atoms with Crippen molar-refractivity contribution < 1.29 is 33.3 Å². The molecule has 2 aromatic carbocycles. The Hall–Kier alpha value is -3.13. The molecule has 0 bridgehead atoms. The molecule has 1 aliphatic rings. The number of methoxy groups -OCH3 is 1. The van der Waals surface area contributed by atoms with Crippen molar-refractivity contribution in [2.75, 3.05) is 32.4 Å². The monoisotopic (exact) mass is 407 g/mol. The highest BCUT2D eigenvalue weighted by molar-refractivity contribution is 6.32. The molecule has 1 aliphatic heterocycles. The Morgan fingerprint density at radius 3 is 2.71 bits per heavy atom. The number of amides is 1. The van der Waals surface area contributed by atoms with Crippen LogP contribution in [0.25, 0.3) is 0 Å². The first kappa shape index (κ1) is 19.6. The molecule has 2 aromatic rings. The van der Waals surface area contributed by atoms with Gasteiger partial charge in [0.15, 0.2) is 29.6 Å². The third-order valence-electron chi connectivity index (χ3n) is 3.74. The number of rotatable bonds is 7. The summed E-state index contributed by atoms with van der Waals surface area (Å²) < 4.78 is 26.1. The number of hydrogen-bond donors (Lipinski definition) is 1. The van der Waals surface area contributed by atoms with E-state index in [0.29, 0.717) is 35.3 Å². The molecule has 0 aliphatic carbocycles. The number of hydrogen-bond acceptors (Lipinski definition) is 7. The van der Waals surface area contributed by atoms with E-state index in [9.17, 15) is 9.59 Å². The van der Waals surface area contributed by atoms with E-state index < -0.39 is 18.5 Å². The Bertz CT molecular complexity index is 900. The minimum absolute atomic E-state index is 0.137. The van der Waals surface area contributed by atoms with Crippen LogP contribution in [-0.2, 0) is 9.53 Å². The number of benzene rings is 2. The average molecular weight is 408 g/mol. The lowest BCUT2D eigenvalue weighted by Crippen LogP contribution is -2.21. The quantitative estimate of drug-likeness (QED) is 0.704. The maximum atomic E-state index is 12.3. The zero-order chi connectivity index (χ0) is 20.1. The van der Waals surface area contributed by atoms with Crippen LogP contribution in [0.1, 0.15) is 17.3 Å². The molecule has 8 nitrogen and oxygen atoms in total. The molecule has 0 saturated heterocycles. The molecule has 148 valence electrons. The maximum Gasteiger partial charge on any atom is 0.338 e. The van der Waals surface area contributed by atoms with Crippen LogP contribution >= 0.6 is 11.6 Å². The zero-order valence-electron chi connectivity index (χ0n) is 15.2. The summed E-state index contributed by atoms with van der Waals surface area (Å²) in [5, 5.41) is 2.82. The average Bonchev–Trinajstić information content (AvgIpc) is 3.15. The van der Waals surface area contributed by atoms with E-state index in [-0.39, 0.29) is 17.4 Å². The zero-order valence-corrected chi connectivity index (χ0v) is 16.0. The summed E-state index contributed by atoms with van der Waals surface area (Å²) in [6, 6.07) is 7.80. The molecule has 0 radical (unpaired) electrons. The summed E-state index contributed by atoms with van der Waals surface area (Å²) in [5.74, 6) is 0.548. The summed E-state index contributed by atoms with van der Waals surface area (Å²) in [6.45, 7) is 1.86. The van der Waals surface area contributed by atoms with Gasteiger partial charge in [0.1, 0.15) is 0 Å². The number of carbonyl (C=O) groups excluding carboxylic acids is 2. The molecule has 9 heteroatoms. The number of esters is 1. The molecule has 28 heavy (non-hydrogen) atoms. The summed E-state index contributed by atoms with van der Waals surface area (Å²) in [5.41, 5.74) is 0.636. The highest BCUT2D eigenvalue weighted by Crippen LogP contribution is 2.37. The molecule has 0 spiro atoms. The summed E-state index contributed by atoms with van der Waals surface area (Å²) in [7, 11) is 1.43. The van der Waals surface area contributed by atoms with Crippen molar-refractivity contribution in [2.24, 2.45) is 0 Å². The van der Waals surface area contributed by atoms with Crippen LogP contribution < -0.4 is 24.3 Å². The topological polar surface area (TPSA) is 92.3 Å². The van der Waals surface area contributed by atoms with E-state index in [2.05, 4.69) is 5.32 Å². The highest BCUT2D eigenvalue weighted by atomic mass is 35.5. The van der Waals surface area contributed by atoms with Crippen molar-refractivity contribution >= 4 is 29.2 Å². The van der Waals surface area contributed by atoms with Gasteiger partial charge in [0.25, 0.3) is 5.91 Å². The summed E-state index contributed by atoms with van der Waals surface area (Å²) >= 11 is 6.14. The second-order valence-electron chi connectivity index (χ2n) is 5.61. The first-order chi connectivity index (χ1) is 13.5. The molecule has 0 saturated carbocycles. The minimum Gasteiger partial charge on any atom is -0.493 e. The van der Waals surface area contributed by atoms with Gasteiger partial charge in [-0.25, -0.2) is 4.79 Å². The Kier molecular flexibility index (Phi) is 6.10. The second-order valence-corrected chi connectivity index (χ2v) is 6.02. The van der Waals surface area contributed by atoms with Gasteiger partial charge in [-0.2, -0.15) is 0 Å². The largest absolute Gasteiger partial charge is 0.493 e. The number of carbonyl (C=O) groups is 2. The Balaban J connectivity index is 1.60. The van der Waals surface area contributed by atoms with Gasteiger partial charge in [-0.3, -0.25) is 4.79 Å². The van der Waals surface area contributed by atoms with Crippen molar-refractivity contribution in [3.63, 3.8) is 0 Å². The minimum atomic E-state index is -0.718. The van der Waals surface area contributed by atoms with E-state index in [4.69, 9.17) is 35.3 Å². The Labute approximate surface area is 166 Å². The fraction of sp³-hybridized carbons (Fsp3) is 0.263. The molecule has 3 rings (SSSR count). The molecule has 0 aromatic heterocycles. The fourth-order valence-electron chi connectivity index (χ4n) is 2.51. The molecule has 0 unspecified atom stereocenters. The van der Waals surface area contributed by atoms with Gasteiger partial charge in [0.05, 0.1) is 24.3 Å². The van der Waals surface area contributed by atoms with Crippen molar-refractivity contribution in [3.8, 4) is 23.0 Å². The third-order valence-corrected chi connectivity index (χ3v) is 4.03. The van der Waals surface area contributed by atoms with Crippen molar-refractivity contribution in [1.29, 1.82) is 0 Å². The van der Waals surface area contributed by atoms with Crippen LogP contribution in [0.3, 0.4) is 0 Å². The number of ether oxygens (including phenoxy) is 5. The van der Waals surface area contributed by atoms with Gasteiger partial charge < -0.3 is 29.0 Å². The molecular weight excluding hydrogens is 390 g/mol. The van der Waals surface area contributed by atoms with Crippen molar-refractivity contribution in [1.82, 2.24) is 0 Å². The summed E-state index contributed by atoms with van der Waals surface area (Å²) in [6.07, 6.45) is 0. The van der Waals surface area contributed by atoms with E-state index in [0.717, 1.165) is 0 Å². The fourth-order valence-corrected chi connectivity index (χ4v) is 2.77. The van der Waals surface area contributed by atoms with Crippen LogP contribution in [0.15, 0.2) is 30.3 Å². The lowest BCUT2D eigenvalue weighted by molar-refractivity contribution is -0.119. The van der Waals surface area contributed by atoms with Gasteiger partial charge >= 0.3 is 5.97 Å². The van der Waals surface area contributed by atoms with Gasteiger partial charge in [-0.15, -0.1) is 0 Å². The van der Waals surface area contributed by atoms with Gasteiger partial charge in [-0.05, 0) is 31.2 Å². The number of nitrogens with one attached hydrogen (secondary N) is 1. The van der Waals surface area contributed by atoms with Gasteiger partial charge in [-0.1, -0.05) is 11.6 Å². The third kappa shape index (κ3) is 4.40. The predicted octanol–water partition coefficient (Wildman–Crippen LogP) is 3.27. The Morgan fingerprint density at radius 1 is 1.18 bits per heavy atom. The molecule has 0 fully saturated rings. The highest BCUT2D eigenvalue weighted by Gasteiger charge is 2.18. The lowest BCUT2D eigenvalue weighted by Gasteiger charge is -2.13. The SMILES string of the molecule is CCOc1c(Cl)cc(C(=O)OCC(=O)Nc2ccc3c(c2)OCO3)cc1OC. The van der Waals surface area contributed by atoms with Crippen LogP contribution in [0.2, 0.25) is 5.02 Å². The predicted molar refractivity (Wildman–Crippen MR) is 101 cm³/mol. The number of fused-ring (bicyclic) bond motifs is 1. The van der Waals surface area contributed by atoms with E-state index in [1.165, 1.54) is 19.2 Å². The normalized spacial score (nSPS) is 11.7. The van der Waals surface area contributed by atoms with Crippen LogP contribution in [0.5, 0.6) is 23.0 Å². The maximum absolute atomic E-state index is 12.3. The van der Waals surface area contributed by atoms with Crippen molar-refractivity contribution in [2.45, 2.75) is 6.92 Å². The summed E-state index contributed by atoms with van der Waals surface area (Å²) in [4.78, 5) is 24.3. The number of halogens is 1. The van der Waals surface area contributed by atoms with Crippen LogP contribution in [-0.4, -0.2) is 39.0 Å². The first-order valence-corrected chi connectivity index (χ1v) is 8.76.